The summed E-state index contributed by atoms with van der Waals surface area (Å²) in [6, 6.07) is 14.9. The number of nitrogens with one attached hydrogen (secondary N) is 1. The van der Waals surface area contributed by atoms with E-state index in [1.54, 1.807) is 0 Å². The van der Waals surface area contributed by atoms with Gasteiger partial charge in [0.2, 0.25) is 0 Å². The van der Waals surface area contributed by atoms with Crippen molar-refractivity contribution < 1.29 is 9.53 Å². The predicted molar refractivity (Wildman–Crippen MR) is 105 cm³/mol. The van der Waals surface area contributed by atoms with Crippen molar-refractivity contribution in [2.24, 2.45) is 0 Å². The summed E-state index contributed by atoms with van der Waals surface area (Å²) in [5.41, 5.74) is 2.37. The van der Waals surface area contributed by atoms with Crippen LogP contribution in [-0.4, -0.2) is 19.4 Å². The van der Waals surface area contributed by atoms with E-state index in [2.05, 4.69) is 12.2 Å². The summed E-state index contributed by atoms with van der Waals surface area (Å²) in [7, 11) is 1.86. The Kier molecular flexibility index (Phi) is 8.03. The molecule has 2 rings (SSSR count). The molecule has 0 aromatic heterocycles. The molecule has 0 amide bonds. The van der Waals surface area contributed by atoms with Gasteiger partial charge >= 0.3 is 0 Å². The number of ether oxygens (including phenoxy) is 1. The third-order valence-corrected chi connectivity index (χ3v) is 4.32. The fraction of sp³-hybridized carbons (Fsp3) is 0.409. The summed E-state index contributed by atoms with van der Waals surface area (Å²) in [5.74, 6) is 0.862. The van der Waals surface area contributed by atoms with Crippen molar-refractivity contribution in [3.63, 3.8) is 0 Å². The quantitative estimate of drug-likeness (QED) is 0.421. The second-order valence-corrected chi connectivity index (χ2v) is 6.30. The van der Waals surface area contributed by atoms with Crippen LogP contribution in [0.15, 0.2) is 48.5 Å². The zero-order valence-electron chi connectivity index (χ0n) is 15.4. The molecule has 2 aromatic rings. The Morgan fingerprint density at radius 1 is 0.840 bits per heavy atom. The van der Waals surface area contributed by atoms with Crippen LogP contribution in [0.4, 0.5) is 5.69 Å². The lowest BCUT2D eigenvalue weighted by atomic mass is 10.0. The maximum absolute atomic E-state index is 12.5. The Balaban J connectivity index is 1.79. The molecule has 2 aromatic carbocycles. The standard InChI is InChI=1S/C22H29NO2/c1-3-4-5-6-7-8-17-25-21-15-11-19(12-16-21)22(24)18-9-13-20(23-2)14-10-18/h9-16,23H,3-8,17H2,1-2H3. The molecule has 0 saturated heterocycles. The average molecular weight is 339 g/mol. The molecule has 0 saturated carbocycles. The van der Waals surface area contributed by atoms with E-state index in [1.165, 1.54) is 32.1 Å². The zero-order valence-corrected chi connectivity index (χ0v) is 15.4. The van der Waals surface area contributed by atoms with E-state index < -0.39 is 0 Å². The molecule has 0 bridgehead atoms. The largest absolute Gasteiger partial charge is 0.494 e. The second-order valence-electron chi connectivity index (χ2n) is 6.30. The molecule has 0 atom stereocenters. The molecule has 25 heavy (non-hydrogen) atoms. The number of carbonyl (C=O) groups is 1. The molecule has 0 heterocycles. The summed E-state index contributed by atoms with van der Waals surface area (Å²) >= 11 is 0. The maximum atomic E-state index is 12.5. The Labute approximate surface area is 151 Å². The van der Waals surface area contributed by atoms with Crippen molar-refractivity contribution in [2.45, 2.75) is 45.4 Å². The van der Waals surface area contributed by atoms with Crippen LogP contribution in [0.5, 0.6) is 5.75 Å². The minimum absolute atomic E-state index is 0.0325. The zero-order chi connectivity index (χ0) is 17.9. The van der Waals surface area contributed by atoms with E-state index in [0.717, 1.165) is 24.5 Å². The van der Waals surface area contributed by atoms with Crippen molar-refractivity contribution in [1.29, 1.82) is 0 Å². The molecule has 0 spiro atoms. The van der Waals surface area contributed by atoms with Crippen molar-refractivity contribution in [1.82, 2.24) is 0 Å². The van der Waals surface area contributed by atoms with E-state index in [4.69, 9.17) is 4.74 Å². The van der Waals surface area contributed by atoms with Gasteiger partial charge in [0.15, 0.2) is 5.78 Å². The summed E-state index contributed by atoms with van der Waals surface area (Å²) in [4.78, 5) is 12.5. The van der Waals surface area contributed by atoms with Gasteiger partial charge in [-0.15, -0.1) is 0 Å². The molecule has 0 aliphatic heterocycles. The van der Waals surface area contributed by atoms with Crippen LogP contribution in [0, 0.1) is 0 Å². The highest BCUT2D eigenvalue weighted by Gasteiger charge is 2.09. The van der Waals surface area contributed by atoms with Crippen LogP contribution in [0.1, 0.15) is 61.4 Å². The van der Waals surface area contributed by atoms with E-state index >= 15 is 0 Å². The number of hydrogen-bond donors (Lipinski definition) is 1. The number of rotatable bonds is 11. The summed E-state index contributed by atoms with van der Waals surface area (Å²) in [6.45, 7) is 2.97. The van der Waals surface area contributed by atoms with Crippen LogP contribution >= 0.6 is 0 Å². The fourth-order valence-corrected chi connectivity index (χ4v) is 2.73. The summed E-state index contributed by atoms with van der Waals surface area (Å²) in [5, 5.41) is 3.05. The molecule has 1 N–H and O–H groups in total. The summed E-state index contributed by atoms with van der Waals surface area (Å²) in [6.07, 6.45) is 7.52. The third kappa shape index (κ3) is 6.26. The van der Waals surface area contributed by atoms with Gasteiger partial charge in [-0.2, -0.15) is 0 Å². The number of benzene rings is 2. The van der Waals surface area contributed by atoms with Gasteiger partial charge in [-0.1, -0.05) is 39.0 Å². The van der Waals surface area contributed by atoms with Crippen LogP contribution in [0.3, 0.4) is 0 Å². The van der Waals surface area contributed by atoms with E-state index in [9.17, 15) is 4.79 Å². The van der Waals surface area contributed by atoms with Gasteiger partial charge in [-0.3, -0.25) is 4.79 Å². The SMILES string of the molecule is CCCCCCCCOc1ccc(C(=O)c2ccc(NC)cc2)cc1. The highest BCUT2D eigenvalue weighted by Crippen LogP contribution is 2.17. The van der Waals surface area contributed by atoms with Gasteiger partial charge in [0.25, 0.3) is 0 Å². The Morgan fingerprint density at radius 2 is 1.40 bits per heavy atom. The minimum atomic E-state index is 0.0325. The van der Waals surface area contributed by atoms with Crippen LogP contribution < -0.4 is 10.1 Å². The van der Waals surface area contributed by atoms with Gasteiger partial charge in [0.05, 0.1) is 6.61 Å². The van der Waals surface area contributed by atoms with E-state index in [-0.39, 0.29) is 5.78 Å². The highest BCUT2D eigenvalue weighted by molar-refractivity contribution is 6.09. The van der Waals surface area contributed by atoms with Gasteiger partial charge < -0.3 is 10.1 Å². The highest BCUT2D eigenvalue weighted by atomic mass is 16.5. The average Bonchev–Trinajstić information content (AvgIpc) is 2.67. The van der Waals surface area contributed by atoms with Gasteiger partial charge in [0, 0.05) is 23.9 Å². The minimum Gasteiger partial charge on any atom is -0.494 e. The van der Waals surface area contributed by atoms with Gasteiger partial charge in [-0.25, -0.2) is 0 Å². The molecule has 3 nitrogen and oxygen atoms in total. The number of unbranched alkanes of at least 4 members (excludes halogenated alkanes) is 5. The summed E-state index contributed by atoms with van der Waals surface area (Å²) < 4.78 is 5.76. The number of anilines is 1. The molecule has 0 aliphatic carbocycles. The number of ketones is 1. The first-order valence-corrected chi connectivity index (χ1v) is 9.30. The van der Waals surface area contributed by atoms with Crippen LogP contribution in [-0.2, 0) is 0 Å². The lowest BCUT2D eigenvalue weighted by molar-refractivity contribution is 0.103. The maximum Gasteiger partial charge on any atom is 0.193 e. The third-order valence-electron chi connectivity index (χ3n) is 4.32. The van der Waals surface area contributed by atoms with Gasteiger partial charge in [0.1, 0.15) is 5.75 Å². The molecule has 134 valence electrons. The topological polar surface area (TPSA) is 38.3 Å². The molecule has 3 heteroatoms. The fourth-order valence-electron chi connectivity index (χ4n) is 2.73. The van der Waals surface area contributed by atoms with Crippen LogP contribution in [0.25, 0.3) is 0 Å². The van der Waals surface area contributed by atoms with Crippen molar-refractivity contribution >= 4 is 11.5 Å². The monoisotopic (exact) mass is 339 g/mol. The molecular formula is C22H29NO2. The first-order chi connectivity index (χ1) is 12.2. The molecule has 0 unspecified atom stereocenters. The van der Waals surface area contributed by atoms with Crippen molar-refractivity contribution in [2.75, 3.05) is 19.0 Å². The lowest BCUT2D eigenvalue weighted by Crippen LogP contribution is -2.02. The molecule has 0 fully saturated rings. The molecular weight excluding hydrogens is 310 g/mol. The van der Waals surface area contributed by atoms with E-state index in [1.807, 2.05) is 55.6 Å². The lowest BCUT2D eigenvalue weighted by Gasteiger charge is -2.07. The second kappa shape index (κ2) is 10.5. The Bertz CT molecular complexity index is 632. The normalized spacial score (nSPS) is 10.5. The smallest absolute Gasteiger partial charge is 0.193 e. The first kappa shape index (κ1) is 19.0. The predicted octanol–water partition coefficient (Wildman–Crippen LogP) is 5.70. The number of hydrogen-bond acceptors (Lipinski definition) is 3. The Hall–Kier alpha value is -2.29. The molecule has 0 aliphatic rings. The van der Waals surface area contributed by atoms with Crippen LogP contribution in [0.2, 0.25) is 0 Å². The Morgan fingerprint density at radius 3 is 2.00 bits per heavy atom. The van der Waals surface area contributed by atoms with Gasteiger partial charge in [-0.05, 0) is 55.0 Å². The van der Waals surface area contributed by atoms with E-state index in [0.29, 0.717) is 11.1 Å². The molecule has 0 radical (unpaired) electrons. The first-order valence-electron chi connectivity index (χ1n) is 9.30. The number of carbonyl (C=O) groups excluding carboxylic acids is 1. The van der Waals surface area contributed by atoms with Crippen molar-refractivity contribution in [3.8, 4) is 5.75 Å². The van der Waals surface area contributed by atoms with Crippen molar-refractivity contribution in [3.05, 3.63) is 59.7 Å².